The van der Waals surface area contributed by atoms with E-state index in [-0.39, 0.29) is 10.6 Å². The van der Waals surface area contributed by atoms with Gasteiger partial charge in [0.15, 0.2) is 0 Å². The Kier molecular flexibility index (Phi) is 5.62. The molecule has 0 fully saturated rings. The van der Waals surface area contributed by atoms with Crippen LogP contribution < -0.4 is 9.04 Å². The standard InChI is InChI=1S/C22H19FN4O4S/c1-3-27-21-13-4-15(14-20(21)24-25-27)22(28)31-18-9-7-17(8-10-18)26(2)32(29,30)19-11-5-16(23)6-12-19/h4-14H,3H2,1-2H3. The Morgan fingerprint density at radius 2 is 1.75 bits per heavy atom. The number of esters is 1. The van der Waals surface area contributed by atoms with Crippen molar-refractivity contribution < 1.29 is 22.3 Å². The Balaban J connectivity index is 1.50. The fraction of sp³-hybridized carbons (Fsp3) is 0.136. The number of carbonyl (C=O) groups excluding carboxylic acids is 1. The maximum absolute atomic E-state index is 13.1. The molecule has 0 amide bonds. The number of hydrogen-bond acceptors (Lipinski definition) is 6. The molecular weight excluding hydrogens is 435 g/mol. The van der Waals surface area contributed by atoms with Crippen LogP contribution >= 0.6 is 0 Å². The Hall–Kier alpha value is -3.79. The molecule has 1 heterocycles. The van der Waals surface area contributed by atoms with E-state index in [1.54, 1.807) is 22.9 Å². The van der Waals surface area contributed by atoms with Crippen LogP contribution in [0.4, 0.5) is 10.1 Å². The van der Waals surface area contributed by atoms with E-state index in [4.69, 9.17) is 4.74 Å². The van der Waals surface area contributed by atoms with Gasteiger partial charge in [-0.2, -0.15) is 0 Å². The van der Waals surface area contributed by atoms with Gasteiger partial charge in [0.05, 0.1) is 21.7 Å². The maximum atomic E-state index is 13.1. The SMILES string of the molecule is CCn1nnc2cc(C(=O)Oc3ccc(N(C)S(=O)(=O)c4ccc(F)cc4)cc3)ccc21. The molecule has 0 atom stereocenters. The molecule has 0 aliphatic carbocycles. The Labute approximate surface area is 183 Å². The van der Waals surface area contributed by atoms with Crippen molar-refractivity contribution in [2.24, 2.45) is 0 Å². The Morgan fingerprint density at radius 3 is 2.41 bits per heavy atom. The second kappa shape index (κ2) is 8.39. The lowest BCUT2D eigenvalue weighted by Gasteiger charge is -2.19. The molecule has 0 radical (unpaired) electrons. The van der Waals surface area contributed by atoms with Crippen LogP contribution in [0.3, 0.4) is 0 Å². The van der Waals surface area contributed by atoms with Gasteiger partial charge < -0.3 is 4.74 Å². The molecule has 0 bridgehead atoms. The molecule has 164 valence electrons. The number of hydrogen-bond donors (Lipinski definition) is 0. The highest BCUT2D eigenvalue weighted by molar-refractivity contribution is 7.92. The van der Waals surface area contributed by atoms with E-state index in [0.29, 0.717) is 23.3 Å². The second-order valence-electron chi connectivity index (χ2n) is 6.92. The summed E-state index contributed by atoms with van der Waals surface area (Å²) in [6.07, 6.45) is 0. The zero-order valence-corrected chi connectivity index (χ0v) is 18.1. The van der Waals surface area contributed by atoms with Gasteiger partial charge in [0, 0.05) is 13.6 Å². The highest BCUT2D eigenvalue weighted by atomic mass is 32.2. The molecular formula is C22H19FN4O4S. The van der Waals surface area contributed by atoms with Gasteiger partial charge in [0.2, 0.25) is 0 Å². The monoisotopic (exact) mass is 454 g/mol. The number of ether oxygens (including phenoxy) is 1. The fourth-order valence-electron chi connectivity index (χ4n) is 3.13. The van der Waals surface area contributed by atoms with E-state index >= 15 is 0 Å². The summed E-state index contributed by atoms with van der Waals surface area (Å²) in [5, 5.41) is 8.06. The smallest absolute Gasteiger partial charge is 0.343 e. The lowest BCUT2D eigenvalue weighted by Crippen LogP contribution is -2.26. The minimum Gasteiger partial charge on any atom is -0.423 e. The van der Waals surface area contributed by atoms with E-state index in [9.17, 15) is 17.6 Å². The first-order valence-corrected chi connectivity index (χ1v) is 11.1. The third kappa shape index (κ3) is 4.04. The summed E-state index contributed by atoms with van der Waals surface area (Å²) in [6.45, 7) is 2.61. The van der Waals surface area contributed by atoms with Crippen LogP contribution in [-0.4, -0.2) is 36.4 Å². The quantitative estimate of drug-likeness (QED) is 0.326. The molecule has 0 saturated heterocycles. The largest absolute Gasteiger partial charge is 0.423 e. The third-order valence-corrected chi connectivity index (χ3v) is 6.73. The zero-order chi connectivity index (χ0) is 22.9. The summed E-state index contributed by atoms with van der Waals surface area (Å²) in [6, 6.07) is 15.6. The number of aromatic nitrogens is 3. The molecule has 1 aromatic heterocycles. The average molecular weight is 454 g/mol. The number of carbonyl (C=O) groups is 1. The van der Waals surface area contributed by atoms with Gasteiger partial charge in [-0.05, 0) is 73.7 Å². The van der Waals surface area contributed by atoms with Gasteiger partial charge in [0.25, 0.3) is 10.0 Å². The summed E-state index contributed by atoms with van der Waals surface area (Å²) in [4.78, 5) is 12.5. The predicted octanol–water partition coefficient (Wildman–Crippen LogP) is 3.63. The minimum absolute atomic E-state index is 0.0349. The van der Waals surface area contributed by atoms with Crippen LogP contribution in [0.1, 0.15) is 17.3 Å². The van der Waals surface area contributed by atoms with Crippen molar-refractivity contribution in [3.8, 4) is 5.75 Å². The lowest BCUT2D eigenvalue weighted by molar-refractivity contribution is 0.0735. The van der Waals surface area contributed by atoms with Crippen molar-refractivity contribution in [2.45, 2.75) is 18.4 Å². The number of anilines is 1. The number of aryl methyl sites for hydroxylation is 1. The van der Waals surface area contributed by atoms with Gasteiger partial charge in [-0.3, -0.25) is 4.31 Å². The molecule has 4 aromatic rings. The van der Waals surface area contributed by atoms with Crippen LogP contribution in [0.25, 0.3) is 11.0 Å². The predicted molar refractivity (Wildman–Crippen MR) is 117 cm³/mol. The summed E-state index contributed by atoms with van der Waals surface area (Å²) in [7, 11) is -2.48. The summed E-state index contributed by atoms with van der Waals surface area (Å²) in [5.41, 5.74) is 2.08. The second-order valence-corrected chi connectivity index (χ2v) is 8.89. The first-order valence-electron chi connectivity index (χ1n) is 9.69. The van der Waals surface area contributed by atoms with Gasteiger partial charge in [-0.1, -0.05) is 5.21 Å². The molecule has 0 spiro atoms. The van der Waals surface area contributed by atoms with Crippen molar-refractivity contribution in [2.75, 3.05) is 11.4 Å². The number of sulfonamides is 1. The van der Waals surface area contributed by atoms with Crippen molar-refractivity contribution >= 4 is 32.7 Å². The molecule has 8 nitrogen and oxygen atoms in total. The fourth-order valence-corrected chi connectivity index (χ4v) is 4.32. The van der Waals surface area contributed by atoms with E-state index in [1.165, 1.54) is 43.4 Å². The van der Waals surface area contributed by atoms with Crippen LogP contribution in [0.5, 0.6) is 5.75 Å². The molecule has 0 unspecified atom stereocenters. The zero-order valence-electron chi connectivity index (χ0n) is 17.3. The highest BCUT2D eigenvalue weighted by Gasteiger charge is 2.21. The summed E-state index contributed by atoms with van der Waals surface area (Å²) < 4.78 is 46.7. The topological polar surface area (TPSA) is 94.4 Å². The summed E-state index contributed by atoms with van der Waals surface area (Å²) >= 11 is 0. The van der Waals surface area contributed by atoms with E-state index in [0.717, 1.165) is 22.0 Å². The van der Waals surface area contributed by atoms with Gasteiger partial charge in [-0.15, -0.1) is 5.10 Å². The lowest BCUT2D eigenvalue weighted by atomic mass is 10.2. The van der Waals surface area contributed by atoms with Crippen LogP contribution in [0.2, 0.25) is 0 Å². The van der Waals surface area contributed by atoms with Crippen molar-refractivity contribution in [1.29, 1.82) is 0 Å². The first kappa shape index (κ1) is 21.4. The molecule has 0 saturated carbocycles. The highest BCUT2D eigenvalue weighted by Crippen LogP contribution is 2.25. The number of fused-ring (bicyclic) bond motifs is 1. The number of rotatable bonds is 6. The van der Waals surface area contributed by atoms with Crippen molar-refractivity contribution in [3.63, 3.8) is 0 Å². The van der Waals surface area contributed by atoms with Crippen LogP contribution in [-0.2, 0) is 16.6 Å². The summed E-state index contributed by atoms with van der Waals surface area (Å²) in [5.74, 6) is -0.839. The molecule has 0 aliphatic rings. The molecule has 4 rings (SSSR count). The maximum Gasteiger partial charge on any atom is 0.343 e. The van der Waals surface area contributed by atoms with Gasteiger partial charge in [0.1, 0.15) is 17.1 Å². The average Bonchev–Trinajstić information content (AvgIpc) is 3.21. The van der Waals surface area contributed by atoms with Crippen LogP contribution in [0.15, 0.2) is 71.6 Å². The van der Waals surface area contributed by atoms with Crippen molar-refractivity contribution in [3.05, 3.63) is 78.1 Å². The van der Waals surface area contributed by atoms with E-state index in [1.807, 2.05) is 6.92 Å². The first-order chi connectivity index (χ1) is 15.3. The minimum atomic E-state index is -3.86. The molecule has 32 heavy (non-hydrogen) atoms. The number of nitrogens with zero attached hydrogens (tertiary/aromatic N) is 4. The molecule has 3 aromatic carbocycles. The molecule has 10 heteroatoms. The third-order valence-electron chi connectivity index (χ3n) is 4.93. The van der Waals surface area contributed by atoms with Crippen LogP contribution in [0, 0.1) is 5.82 Å². The molecule has 0 aliphatic heterocycles. The molecule has 0 N–H and O–H groups in total. The van der Waals surface area contributed by atoms with Crippen molar-refractivity contribution in [1.82, 2.24) is 15.0 Å². The number of halogens is 1. The van der Waals surface area contributed by atoms with Gasteiger partial charge >= 0.3 is 5.97 Å². The van der Waals surface area contributed by atoms with Gasteiger partial charge in [-0.25, -0.2) is 22.3 Å². The Morgan fingerprint density at radius 1 is 1.06 bits per heavy atom. The Bertz CT molecular complexity index is 1380. The normalized spacial score (nSPS) is 11.5. The van der Waals surface area contributed by atoms with E-state index < -0.39 is 21.8 Å². The van der Waals surface area contributed by atoms with E-state index in [2.05, 4.69) is 10.3 Å². The number of benzene rings is 3.